The first-order valence-electron chi connectivity index (χ1n) is 6.23. The van der Waals surface area contributed by atoms with Gasteiger partial charge in [-0.05, 0) is 29.8 Å². The van der Waals surface area contributed by atoms with Crippen LogP contribution in [-0.2, 0) is 0 Å². The van der Waals surface area contributed by atoms with Gasteiger partial charge < -0.3 is 14.3 Å². The summed E-state index contributed by atoms with van der Waals surface area (Å²) in [6.07, 6.45) is -0.877. The Hall–Kier alpha value is -2.05. The molecule has 108 valence electrons. The Labute approximate surface area is 128 Å². The quantitative estimate of drug-likeness (QED) is 0.762. The van der Waals surface area contributed by atoms with Crippen molar-refractivity contribution in [3.8, 4) is 5.75 Å². The van der Waals surface area contributed by atoms with Gasteiger partial charge >= 0.3 is 5.76 Å². The van der Waals surface area contributed by atoms with Gasteiger partial charge in [0, 0.05) is 10.0 Å². The predicted octanol–water partition coefficient (Wildman–Crippen LogP) is 2.97. The summed E-state index contributed by atoms with van der Waals surface area (Å²) >= 11 is 3.36. The zero-order valence-corrected chi connectivity index (χ0v) is 12.7. The predicted molar refractivity (Wildman–Crippen MR) is 81.6 cm³/mol. The fourth-order valence-electron chi connectivity index (χ4n) is 2.22. The van der Waals surface area contributed by atoms with Crippen molar-refractivity contribution >= 4 is 27.0 Å². The largest absolute Gasteiger partial charge is 0.496 e. The van der Waals surface area contributed by atoms with E-state index in [2.05, 4.69) is 20.9 Å². The second kappa shape index (κ2) is 5.38. The van der Waals surface area contributed by atoms with Crippen LogP contribution in [0.5, 0.6) is 5.75 Å². The molecular weight excluding hydrogens is 338 g/mol. The molecule has 0 saturated carbocycles. The standard InChI is InChI=1S/C15H12BrNO4/c1-20-12-7-9(16)3-4-10(12)14(18)8-2-5-11-13(6-8)21-15(19)17-11/h2-7,14,18H,1H3,(H,17,19). The number of nitrogens with one attached hydrogen (secondary N) is 1. The normalized spacial score (nSPS) is 12.5. The van der Waals surface area contributed by atoms with Crippen LogP contribution in [0.1, 0.15) is 17.2 Å². The highest BCUT2D eigenvalue weighted by Crippen LogP contribution is 2.33. The van der Waals surface area contributed by atoms with Crippen molar-refractivity contribution in [2.45, 2.75) is 6.10 Å². The van der Waals surface area contributed by atoms with Gasteiger partial charge in [0.05, 0.1) is 12.6 Å². The van der Waals surface area contributed by atoms with E-state index in [4.69, 9.17) is 9.15 Å². The molecular formula is C15H12BrNO4. The first-order chi connectivity index (χ1) is 10.1. The lowest BCUT2D eigenvalue weighted by Gasteiger charge is -2.15. The van der Waals surface area contributed by atoms with Crippen LogP contribution in [0.3, 0.4) is 0 Å². The number of fused-ring (bicyclic) bond motifs is 1. The van der Waals surface area contributed by atoms with Crippen molar-refractivity contribution in [3.05, 3.63) is 62.5 Å². The lowest BCUT2D eigenvalue weighted by atomic mass is 10.0. The molecule has 0 aliphatic heterocycles. The number of aliphatic hydroxyl groups excluding tert-OH is 1. The minimum absolute atomic E-state index is 0.410. The lowest BCUT2D eigenvalue weighted by molar-refractivity contribution is 0.214. The number of aromatic amines is 1. The molecule has 3 aromatic rings. The number of H-pyrrole nitrogens is 1. The highest BCUT2D eigenvalue weighted by atomic mass is 79.9. The third-order valence-electron chi connectivity index (χ3n) is 3.25. The molecule has 2 N–H and O–H groups in total. The van der Waals surface area contributed by atoms with Crippen LogP contribution < -0.4 is 10.5 Å². The molecule has 0 aliphatic carbocycles. The number of ether oxygens (including phenoxy) is 1. The molecule has 0 amide bonds. The van der Waals surface area contributed by atoms with E-state index >= 15 is 0 Å². The molecule has 0 spiro atoms. The summed E-state index contributed by atoms with van der Waals surface area (Å²) in [5, 5.41) is 10.5. The topological polar surface area (TPSA) is 75.5 Å². The Morgan fingerprint density at radius 3 is 2.86 bits per heavy atom. The van der Waals surface area contributed by atoms with Crippen molar-refractivity contribution in [3.63, 3.8) is 0 Å². The molecule has 0 aliphatic rings. The molecule has 21 heavy (non-hydrogen) atoms. The van der Waals surface area contributed by atoms with Crippen LogP contribution in [0.25, 0.3) is 11.1 Å². The second-order valence-electron chi connectivity index (χ2n) is 4.56. The highest BCUT2D eigenvalue weighted by Gasteiger charge is 2.17. The van der Waals surface area contributed by atoms with Gasteiger partial charge in [-0.25, -0.2) is 4.79 Å². The summed E-state index contributed by atoms with van der Waals surface area (Å²) in [7, 11) is 1.55. The maximum absolute atomic E-state index is 11.2. The van der Waals surface area contributed by atoms with Crippen molar-refractivity contribution in [1.29, 1.82) is 0 Å². The van der Waals surface area contributed by atoms with E-state index in [0.717, 1.165) is 4.47 Å². The molecule has 1 unspecified atom stereocenters. The Morgan fingerprint density at radius 1 is 1.29 bits per heavy atom. The average molecular weight is 350 g/mol. The van der Waals surface area contributed by atoms with Crippen LogP contribution in [0, 0.1) is 0 Å². The minimum Gasteiger partial charge on any atom is -0.496 e. The molecule has 3 rings (SSSR count). The number of aliphatic hydroxyl groups is 1. The van der Waals surface area contributed by atoms with Crippen LogP contribution >= 0.6 is 15.9 Å². The molecule has 0 bridgehead atoms. The van der Waals surface area contributed by atoms with Gasteiger partial charge in [0.15, 0.2) is 5.58 Å². The van der Waals surface area contributed by atoms with E-state index in [-0.39, 0.29) is 0 Å². The SMILES string of the molecule is COc1cc(Br)ccc1C(O)c1ccc2[nH]c(=O)oc2c1. The van der Waals surface area contributed by atoms with Crippen molar-refractivity contribution in [2.75, 3.05) is 7.11 Å². The van der Waals surface area contributed by atoms with Crippen molar-refractivity contribution in [1.82, 2.24) is 4.98 Å². The van der Waals surface area contributed by atoms with Gasteiger partial charge in [-0.15, -0.1) is 0 Å². The number of hydrogen-bond donors (Lipinski definition) is 2. The number of rotatable bonds is 3. The summed E-state index contributed by atoms with van der Waals surface area (Å²) in [4.78, 5) is 13.7. The average Bonchev–Trinajstić information content (AvgIpc) is 2.85. The maximum Gasteiger partial charge on any atom is 0.417 e. The second-order valence-corrected chi connectivity index (χ2v) is 5.47. The summed E-state index contributed by atoms with van der Waals surface area (Å²) < 4.78 is 11.2. The number of aromatic nitrogens is 1. The molecule has 1 heterocycles. The fourth-order valence-corrected chi connectivity index (χ4v) is 2.56. The lowest BCUT2D eigenvalue weighted by Crippen LogP contribution is -2.02. The van der Waals surface area contributed by atoms with Crippen LogP contribution in [0.15, 0.2) is 50.1 Å². The molecule has 1 atom stereocenters. The molecule has 2 aromatic carbocycles. The number of oxazole rings is 1. The number of benzene rings is 2. The fraction of sp³-hybridized carbons (Fsp3) is 0.133. The zero-order chi connectivity index (χ0) is 15.0. The number of hydrogen-bond acceptors (Lipinski definition) is 4. The van der Waals surface area contributed by atoms with Crippen LogP contribution in [0.2, 0.25) is 0 Å². The summed E-state index contributed by atoms with van der Waals surface area (Å²) in [6.45, 7) is 0. The van der Waals surface area contributed by atoms with E-state index in [1.165, 1.54) is 0 Å². The number of halogens is 1. The van der Waals surface area contributed by atoms with Gasteiger partial charge in [0.1, 0.15) is 11.9 Å². The molecule has 0 fully saturated rings. The van der Waals surface area contributed by atoms with Gasteiger partial charge in [0.2, 0.25) is 0 Å². The van der Waals surface area contributed by atoms with Crippen molar-refractivity contribution in [2.24, 2.45) is 0 Å². The molecule has 0 saturated heterocycles. The highest BCUT2D eigenvalue weighted by molar-refractivity contribution is 9.10. The Bertz CT molecular complexity index is 852. The summed E-state index contributed by atoms with van der Waals surface area (Å²) in [6, 6.07) is 10.5. The Kier molecular flexibility index (Phi) is 3.57. The van der Waals surface area contributed by atoms with Crippen LogP contribution in [-0.4, -0.2) is 17.2 Å². The van der Waals surface area contributed by atoms with Gasteiger partial charge in [-0.2, -0.15) is 0 Å². The maximum atomic E-state index is 11.2. The van der Waals surface area contributed by atoms with Gasteiger partial charge in [-0.1, -0.05) is 28.1 Å². The van der Waals surface area contributed by atoms with E-state index in [0.29, 0.717) is 28.0 Å². The summed E-state index contributed by atoms with van der Waals surface area (Å²) in [5.74, 6) is 0.0605. The first-order valence-corrected chi connectivity index (χ1v) is 7.02. The van der Waals surface area contributed by atoms with Gasteiger partial charge in [-0.3, -0.25) is 4.98 Å². The monoisotopic (exact) mass is 349 g/mol. The zero-order valence-electron chi connectivity index (χ0n) is 11.1. The van der Waals surface area contributed by atoms with E-state index in [1.807, 2.05) is 6.07 Å². The van der Waals surface area contributed by atoms with E-state index in [9.17, 15) is 9.90 Å². The Balaban J connectivity index is 2.07. The molecule has 6 heteroatoms. The molecule has 1 aromatic heterocycles. The van der Waals surface area contributed by atoms with Crippen LogP contribution in [0.4, 0.5) is 0 Å². The van der Waals surface area contributed by atoms with E-state index < -0.39 is 11.9 Å². The minimum atomic E-state index is -0.877. The number of methoxy groups -OCH3 is 1. The molecule has 5 nitrogen and oxygen atoms in total. The summed E-state index contributed by atoms with van der Waals surface area (Å²) in [5.41, 5.74) is 2.26. The van der Waals surface area contributed by atoms with Crippen molar-refractivity contribution < 1.29 is 14.3 Å². The Morgan fingerprint density at radius 2 is 2.10 bits per heavy atom. The smallest absolute Gasteiger partial charge is 0.417 e. The van der Waals surface area contributed by atoms with E-state index in [1.54, 1.807) is 37.4 Å². The molecule has 0 radical (unpaired) electrons. The first kappa shape index (κ1) is 13.9. The third-order valence-corrected chi connectivity index (χ3v) is 3.74. The van der Waals surface area contributed by atoms with Gasteiger partial charge in [0.25, 0.3) is 0 Å². The third kappa shape index (κ3) is 2.59.